The zero-order chi connectivity index (χ0) is 20.2. The third kappa shape index (κ3) is 2.73. The van der Waals surface area contributed by atoms with E-state index in [1.807, 2.05) is 24.3 Å². The van der Waals surface area contributed by atoms with Gasteiger partial charge in [0, 0.05) is 42.9 Å². The highest BCUT2D eigenvalue weighted by atomic mass is 16.7. The molecule has 154 valence electrons. The Morgan fingerprint density at radius 1 is 1.07 bits per heavy atom. The van der Waals surface area contributed by atoms with Crippen LogP contribution in [0.3, 0.4) is 0 Å². The van der Waals surface area contributed by atoms with E-state index < -0.39 is 5.72 Å². The maximum Gasteiger partial charge on any atom is 0.242 e. The minimum Gasteiger partial charge on any atom is -0.504 e. The highest BCUT2D eigenvalue weighted by Crippen LogP contribution is 2.53. The summed E-state index contributed by atoms with van der Waals surface area (Å²) in [5.41, 5.74) is 1.46. The number of ether oxygens (including phenoxy) is 4. The molecular weight excluding hydrogens is 370 g/mol. The second kappa shape index (κ2) is 6.73. The Bertz CT molecular complexity index is 939. The van der Waals surface area contributed by atoms with Crippen molar-refractivity contribution < 1.29 is 29.0 Å². The quantitative estimate of drug-likeness (QED) is 0.833. The van der Waals surface area contributed by atoms with Gasteiger partial charge < -0.3 is 24.1 Å². The fourth-order valence-corrected chi connectivity index (χ4v) is 5.26. The van der Waals surface area contributed by atoms with E-state index in [2.05, 4.69) is 13.8 Å². The van der Waals surface area contributed by atoms with Crippen molar-refractivity contribution in [3.8, 4) is 28.7 Å². The normalized spacial score (nSPS) is 28.1. The number of para-hydroxylation sites is 1. The second-order valence-corrected chi connectivity index (χ2v) is 8.43. The summed E-state index contributed by atoms with van der Waals surface area (Å²) in [7, 11) is 1.58. The molecule has 2 aromatic carbocycles. The Morgan fingerprint density at radius 3 is 2.52 bits per heavy atom. The van der Waals surface area contributed by atoms with Gasteiger partial charge in [0.2, 0.25) is 12.5 Å². The standard InChI is InChI=1S/C23H27NO5/c1-14-21(15-7-6-8-17(26-3)22(15)25)16-11-19-20(28-13-27-19)12-18(16)29-23(14,2)24-9-4-5-10-24/h6-8,11-12,14,21,25H,4-5,9-10,13H2,1-3H3/p+1/t14-,21+,23+/m0/s1. The number of hydrogen-bond donors (Lipinski definition) is 2. The Labute approximate surface area is 170 Å². The molecule has 3 heterocycles. The molecule has 2 aromatic rings. The van der Waals surface area contributed by atoms with E-state index in [0.717, 1.165) is 35.7 Å². The molecule has 3 atom stereocenters. The van der Waals surface area contributed by atoms with Crippen molar-refractivity contribution in [2.75, 3.05) is 27.0 Å². The van der Waals surface area contributed by atoms with Gasteiger partial charge in [0.15, 0.2) is 23.0 Å². The van der Waals surface area contributed by atoms with Gasteiger partial charge in [0.25, 0.3) is 0 Å². The summed E-state index contributed by atoms with van der Waals surface area (Å²) >= 11 is 0. The van der Waals surface area contributed by atoms with Crippen LogP contribution in [0.15, 0.2) is 30.3 Å². The number of nitrogens with one attached hydrogen (secondary N) is 1. The van der Waals surface area contributed by atoms with E-state index in [1.165, 1.54) is 17.7 Å². The molecule has 6 nitrogen and oxygen atoms in total. The van der Waals surface area contributed by atoms with Gasteiger partial charge in [-0.15, -0.1) is 0 Å². The number of methoxy groups -OCH3 is 1. The van der Waals surface area contributed by atoms with Crippen molar-refractivity contribution >= 4 is 0 Å². The van der Waals surface area contributed by atoms with Crippen LogP contribution in [0.4, 0.5) is 0 Å². The summed E-state index contributed by atoms with van der Waals surface area (Å²) in [5.74, 6) is 2.99. The van der Waals surface area contributed by atoms with E-state index in [9.17, 15) is 5.11 Å². The molecule has 0 saturated carbocycles. The predicted molar refractivity (Wildman–Crippen MR) is 107 cm³/mol. The van der Waals surface area contributed by atoms with Crippen LogP contribution in [-0.2, 0) is 0 Å². The minimum absolute atomic E-state index is 0.0542. The van der Waals surface area contributed by atoms with E-state index in [-0.39, 0.29) is 24.4 Å². The van der Waals surface area contributed by atoms with Gasteiger partial charge in [-0.2, -0.15) is 0 Å². The molecular formula is C23H28NO5+. The first kappa shape index (κ1) is 18.4. The van der Waals surface area contributed by atoms with E-state index >= 15 is 0 Å². The molecule has 3 aliphatic heterocycles. The molecule has 0 amide bonds. The van der Waals surface area contributed by atoms with Crippen LogP contribution >= 0.6 is 0 Å². The van der Waals surface area contributed by atoms with Crippen LogP contribution in [0.2, 0.25) is 0 Å². The summed E-state index contributed by atoms with van der Waals surface area (Å²) in [6.45, 7) is 6.84. The summed E-state index contributed by atoms with van der Waals surface area (Å²) in [4.78, 5) is 1.46. The molecule has 3 aliphatic rings. The van der Waals surface area contributed by atoms with Gasteiger partial charge in [-0.25, -0.2) is 0 Å². The molecule has 0 bridgehead atoms. The zero-order valence-corrected chi connectivity index (χ0v) is 17.2. The molecule has 0 spiro atoms. The number of rotatable bonds is 3. The van der Waals surface area contributed by atoms with E-state index in [1.54, 1.807) is 13.2 Å². The maximum absolute atomic E-state index is 11.0. The van der Waals surface area contributed by atoms with Crippen LogP contribution in [0.1, 0.15) is 43.7 Å². The largest absolute Gasteiger partial charge is 0.504 e. The Morgan fingerprint density at radius 2 is 1.79 bits per heavy atom. The number of aromatic hydroxyl groups is 1. The first-order valence-corrected chi connectivity index (χ1v) is 10.4. The topological polar surface area (TPSA) is 61.6 Å². The van der Waals surface area contributed by atoms with Crippen molar-refractivity contribution in [3.63, 3.8) is 0 Å². The number of phenols is 1. The highest BCUT2D eigenvalue weighted by Gasteiger charge is 2.53. The number of hydrogen-bond acceptors (Lipinski definition) is 5. The molecule has 2 N–H and O–H groups in total. The van der Waals surface area contributed by atoms with Crippen molar-refractivity contribution in [3.05, 3.63) is 41.5 Å². The number of fused-ring (bicyclic) bond motifs is 2. The third-order valence-corrected chi connectivity index (χ3v) is 7.03. The molecule has 1 fully saturated rings. The highest BCUT2D eigenvalue weighted by molar-refractivity contribution is 5.59. The van der Waals surface area contributed by atoms with Crippen molar-refractivity contribution in [2.24, 2.45) is 5.92 Å². The lowest BCUT2D eigenvalue weighted by molar-refractivity contribution is -0.967. The molecule has 5 rings (SSSR count). The van der Waals surface area contributed by atoms with Crippen LogP contribution in [-0.4, -0.2) is 37.8 Å². The summed E-state index contributed by atoms with van der Waals surface area (Å²) in [6.07, 6.45) is 2.42. The first-order chi connectivity index (χ1) is 14.0. The van der Waals surface area contributed by atoms with E-state index in [0.29, 0.717) is 11.5 Å². The lowest BCUT2D eigenvalue weighted by Crippen LogP contribution is -3.20. The van der Waals surface area contributed by atoms with Gasteiger partial charge in [0.05, 0.1) is 26.1 Å². The molecule has 0 aliphatic carbocycles. The lowest BCUT2D eigenvalue weighted by atomic mass is 9.73. The maximum atomic E-state index is 11.0. The number of quaternary nitrogens is 1. The summed E-state index contributed by atoms with van der Waals surface area (Å²) < 4.78 is 23.3. The monoisotopic (exact) mass is 398 g/mol. The fraction of sp³-hybridized carbons (Fsp3) is 0.478. The van der Waals surface area contributed by atoms with Crippen molar-refractivity contribution in [2.45, 2.75) is 38.3 Å². The van der Waals surface area contributed by atoms with Crippen molar-refractivity contribution in [1.82, 2.24) is 0 Å². The molecule has 6 heteroatoms. The average Bonchev–Trinajstić information content (AvgIpc) is 3.40. The van der Waals surface area contributed by atoms with Gasteiger partial charge in [-0.05, 0) is 12.1 Å². The molecule has 29 heavy (non-hydrogen) atoms. The molecule has 0 unspecified atom stereocenters. The number of likely N-dealkylation sites (tertiary alicyclic amines) is 1. The summed E-state index contributed by atoms with van der Waals surface area (Å²) in [6, 6.07) is 9.66. The Hall–Kier alpha value is -2.60. The van der Waals surface area contributed by atoms with E-state index in [4.69, 9.17) is 18.9 Å². The van der Waals surface area contributed by atoms with Gasteiger partial charge in [0.1, 0.15) is 5.75 Å². The smallest absolute Gasteiger partial charge is 0.242 e. The number of phenolic OH excluding ortho intramolecular Hbond substituents is 1. The molecule has 1 saturated heterocycles. The Kier molecular flexibility index (Phi) is 4.28. The zero-order valence-electron chi connectivity index (χ0n) is 17.2. The van der Waals surface area contributed by atoms with Crippen molar-refractivity contribution in [1.29, 1.82) is 0 Å². The fourth-order valence-electron chi connectivity index (χ4n) is 5.26. The molecule has 0 aromatic heterocycles. The van der Waals surface area contributed by atoms with Crippen LogP contribution in [0.5, 0.6) is 28.7 Å². The number of benzene rings is 2. The van der Waals surface area contributed by atoms with Crippen LogP contribution in [0.25, 0.3) is 0 Å². The van der Waals surface area contributed by atoms with Gasteiger partial charge >= 0.3 is 0 Å². The average molecular weight is 398 g/mol. The minimum atomic E-state index is -0.405. The summed E-state index contributed by atoms with van der Waals surface area (Å²) in [5, 5.41) is 11.0. The lowest BCUT2D eigenvalue weighted by Gasteiger charge is -2.47. The first-order valence-electron chi connectivity index (χ1n) is 10.4. The molecule has 0 radical (unpaired) electrons. The van der Waals surface area contributed by atoms with Crippen LogP contribution in [0, 0.1) is 5.92 Å². The predicted octanol–water partition coefficient (Wildman–Crippen LogP) is 2.68. The van der Waals surface area contributed by atoms with Gasteiger partial charge in [-0.1, -0.05) is 19.1 Å². The third-order valence-electron chi connectivity index (χ3n) is 7.03. The van der Waals surface area contributed by atoms with Crippen LogP contribution < -0.4 is 23.8 Å². The Balaban J connectivity index is 1.70. The van der Waals surface area contributed by atoms with Gasteiger partial charge in [-0.3, -0.25) is 4.90 Å². The SMILES string of the molecule is COc1cccc([C@@H]2c3cc4c(cc3O[C@@](C)([NH+]3CCCC3)[C@H]2C)OCO4)c1O. The second-order valence-electron chi connectivity index (χ2n) is 8.43.